The molecule has 0 aromatic carbocycles. The van der Waals surface area contributed by atoms with Gasteiger partial charge in [-0.25, -0.2) is 4.40 Å². The number of aromatic nitrogens is 3. The van der Waals surface area contributed by atoms with Crippen molar-refractivity contribution >= 4 is 17.4 Å². The number of nitrogens with zero attached hydrogens (tertiary/aromatic N) is 2. The monoisotopic (exact) mass is 249 g/mol. The van der Waals surface area contributed by atoms with Gasteiger partial charge < -0.3 is 0 Å². The average Bonchev–Trinajstić information content (AvgIpc) is 2.75. The second-order valence-electron chi connectivity index (χ2n) is 4.51. The van der Waals surface area contributed by atoms with E-state index in [-0.39, 0.29) is 5.56 Å². The molecule has 0 spiro atoms. The van der Waals surface area contributed by atoms with Crippen LogP contribution in [-0.2, 0) is 6.42 Å². The molecule has 1 N–H and O–H groups in total. The van der Waals surface area contributed by atoms with E-state index in [2.05, 4.69) is 10.2 Å². The highest BCUT2D eigenvalue weighted by atomic mass is 32.2. The lowest BCUT2D eigenvalue weighted by Gasteiger charge is -2.20. The molecule has 3 rings (SSSR count). The van der Waals surface area contributed by atoms with Crippen LogP contribution in [0.2, 0.25) is 0 Å². The number of aromatic amines is 1. The van der Waals surface area contributed by atoms with Crippen LogP contribution in [0.5, 0.6) is 0 Å². The van der Waals surface area contributed by atoms with Crippen molar-refractivity contribution in [3.8, 4) is 0 Å². The lowest BCUT2D eigenvalue weighted by atomic mass is 10.0. The standard InChI is InChI=1S/C12H15N3OS/c16-12-5-1-4-10-13-14-11(15(10)12)7-9-3-2-6-17-8-9/h1,4-5,9,13H,2-3,6-8H2. The Kier molecular flexibility index (Phi) is 2.93. The number of nitrogens with one attached hydrogen (secondary N) is 1. The molecule has 5 heteroatoms. The summed E-state index contributed by atoms with van der Waals surface area (Å²) in [5.74, 6) is 4.00. The summed E-state index contributed by atoms with van der Waals surface area (Å²) in [7, 11) is 0. The van der Waals surface area contributed by atoms with E-state index in [1.807, 2.05) is 17.8 Å². The molecule has 0 amide bonds. The summed E-state index contributed by atoms with van der Waals surface area (Å²) in [5, 5.41) is 7.20. The first kappa shape index (κ1) is 10.9. The van der Waals surface area contributed by atoms with Crippen LogP contribution in [0, 0.1) is 5.92 Å². The van der Waals surface area contributed by atoms with Crippen LogP contribution in [0.25, 0.3) is 5.65 Å². The first-order valence-corrected chi connectivity index (χ1v) is 7.13. The highest BCUT2D eigenvalue weighted by molar-refractivity contribution is 7.99. The Labute approximate surface area is 103 Å². The zero-order valence-electron chi connectivity index (χ0n) is 9.56. The maximum absolute atomic E-state index is 11.8. The van der Waals surface area contributed by atoms with Crippen molar-refractivity contribution < 1.29 is 0 Å². The molecule has 1 fully saturated rings. The van der Waals surface area contributed by atoms with Gasteiger partial charge in [-0.15, -0.1) is 0 Å². The largest absolute Gasteiger partial charge is 0.269 e. The normalized spacial score (nSPS) is 20.8. The first-order chi connectivity index (χ1) is 8.34. The van der Waals surface area contributed by atoms with Gasteiger partial charge in [-0.2, -0.15) is 16.9 Å². The highest BCUT2D eigenvalue weighted by Crippen LogP contribution is 2.25. The van der Waals surface area contributed by atoms with E-state index < -0.39 is 0 Å². The van der Waals surface area contributed by atoms with Crippen LogP contribution in [-0.4, -0.2) is 26.1 Å². The van der Waals surface area contributed by atoms with Crippen molar-refractivity contribution in [1.29, 1.82) is 0 Å². The molecule has 0 radical (unpaired) electrons. The molecule has 0 aliphatic carbocycles. The molecular formula is C12H15N3OS. The van der Waals surface area contributed by atoms with E-state index in [1.165, 1.54) is 24.3 Å². The second-order valence-corrected chi connectivity index (χ2v) is 5.66. The lowest BCUT2D eigenvalue weighted by Crippen LogP contribution is -2.19. The summed E-state index contributed by atoms with van der Waals surface area (Å²) in [5.41, 5.74) is 0.797. The topological polar surface area (TPSA) is 50.2 Å². The minimum absolute atomic E-state index is 0.00899. The first-order valence-electron chi connectivity index (χ1n) is 5.97. The van der Waals surface area contributed by atoms with Crippen molar-refractivity contribution in [1.82, 2.24) is 14.6 Å². The van der Waals surface area contributed by atoms with Gasteiger partial charge in [-0.05, 0) is 36.3 Å². The van der Waals surface area contributed by atoms with E-state index in [9.17, 15) is 4.79 Å². The number of rotatable bonds is 2. The van der Waals surface area contributed by atoms with Gasteiger partial charge in [-0.3, -0.25) is 9.89 Å². The van der Waals surface area contributed by atoms with Crippen molar-refractivity contribution in [2.24, 2.45) is 5.92 Å². The zero-order valence-corrected chi connectivity index (χ0v) is 10.4. The molecule has 3 heterocycles. The fraction of sp³-hybridized carbons (Fsp3) is 0.500. The maximum atomic E-state index is 11.8. The molecular weight excluding hydrogens is 234 g/mol. The molecule has 4 nitrogen and oxygen atoms in total. The van der Waals surface area contributed by atoms with Crippen molar-refractivity contribution in [3.63, 3.8) is 0 Å². The van der Waals surface area contributed by atoms with Gasteiger partial charge in [0.2, 0.25) is 0 Å². The Bertz CT molecular complexity index is 568. The van der Waals surface area contributed by atoms with Crippen molar-refractivity contribution in [2.45, 2.75) is 19.3 Å². The lowest BCUT2D eigenvalue weighted by molar-refractivity contribution is 0.505. The van der Waals surface area contributed by atoms with Gasteiger partial charge in [0.1, 0.15) is 11.5 Å². The molecule has 1 aliphatic rings. The third kappa shape index (κ3) is 2.11. The average molecular weight is 249 g/mol. The van der Waals surface area contributed by atoms with Crippen LogP contribution >= 0.6 is 11.8 Å². The van der Waals surface area contributed by atoms with Gasteiger partial charge >= 0.3 is 0 Å². The minimum Gasteiger partial charge on any atom is -0.269 e. The predicted octanol–water partition coefficient (Wildman–Crippen LogP) is 1.71. The Morgan fingerprint density at radius 3 is 3.29 bits per heavy atom. The summed E-state index contributed by atoms with van der Waals surface area (Å²) in [6, 6.07) is 5.23. The van der Waals surface area contributed by atoms with E-state index in [1.54, 1.807) is 16.5 Å². The number of H-pyrrole nitrogens is 1. The number of hydrogen-bond acceptors (Lipinski definition) is 3. The molecule has 1 aliphatic heterocycles. The molecule has 2 aromatic rings. The number of thioether (sulfide) groups is 1. The number of fused-ring (bicyclic) bond motifs is 1. The van der Waals surface area contributed by atoms with Crippen LogP contribution in [0.3, 0.4) is 0 Å². The molecule has 1 unspecified atom stereocenters. The smallest absolute Gasteiger partial charge is 0.257 e. The number of hydrogen-bond donors (Lipinski definition) is 1. The van der Waals surface area contributed by atoms with E-state index in [0.717, 1.165) is 17.9 Å². The molecule has 0 saturated carbocycles. The quantitative estimate of drug-likeness (QED) is 0.881. The molecule has 2 aromatic heterocycles. The van der Waals surface area contributed by atoms with Crippen LogP contribution in [0.4, 0.5) is 0 Å². The zero-order chi connectivity index (χ0) is 11.7. The van der Waals surface area contributed by atoms with Crippen molar-refractivity contribution in [3.05, 3.63) is 34.4 Å². The summed E-state index contributed by atoms with van der Waals surface area (Å²) in [4.78, 5) is 11.8. The molecule has 17 heavy (non-hydrogen) atoms. The predicted molar refractivity (Wildman–Crippen MR) is 69.6 cm³/mol. The van der Waals surface area contributed by atoms with Crippen LogP contribution in [0.15, 0.2) is 23.0 Å². The maximum Gasteiger partial charge on any atom is 0.257 e. The SMILES string of the molecule is O=c1cccc2[nH]nc(CC3CCCSC3)n12. The molecule has 1 saturated heterocycles. The molecule has 1 atom stereocenters. The van der Waals surface area contributed by atoms with E-state index in [4.69, 9.17) is 0 Å². The fourth-order valence-corrected chi connectivity index (χ4v) is 3.53. The summed E-state index contributed by atoms with van der Waals surface area (Å²) in [6.45, 7) is 0. The Balaban J connectivity index is 1.92. The van der Waals surface area contributed by atoms with Gasteiger partial charge in [0, 0.05) is 12.5 Å². The highest BCUT2D eigenvalue weighted by Gasteiger charge is 2.17. The van der Waals surface area contributed by atoms with Gasteiger partial charge in [0.15, 0.2) is 0 Å². The summed E-state index contributed by atoms with van der Waals surface area (Å²) < 4.78 is 1.69. The molecule has 0 bridgehead atoms. The fourth-order valence-electron chi connectivity index (χ4n) is 2.38. The van der Waals surface area contributed by atoms with Gasteiger partial charge in [0.25, 0.3) is 5.56 Å². The Hall–Kier alpha value is -1.23. The third-order valence-electron chi connectivity index (χ3n) is 3.24. The number of pyridine rings is 1. The van der Waals surface area contributed by atoms with Gasteiger partial charge in [-0.1, -0.05) is 6.07 Å². The Morgan fingerprint density at radius 2 is 2.47 bits per heavy atom. The third-order valence-corrected chi connectivity index (χ3v) is 4.52. The van der Waals surface area contributed by atoms with Gasteiger partial charge in [0.05, 0.1) is 0 Å². The second kappa shape index (κ2) is 4.56. The molecule has 90 valence electrons. The van der Waals surface area contributed by atoms with Crippen LogP contribution < -0.4 is 5.56 Å². The summed E-state index contributed by atoms with van der Waals surface area (Å²) >= 11 is 2.01. The van der Waals surface area contributed by atoms with E-state index in [0.29, 0.717) is 5.92 Å². The minimum atomic E-state index is 0.00899. The van der Waals surface area contributed by atoms with Crippen molar-refractivity contribution in [2.75, 3.05) is 11.5 Å². The van der Waals surface area contributed by atoms with Crippen LogP contribution in [0.1, 0.15) is 18.7 Å². The summed E-state index contributed by atoms with van der Waals surface area (Å²) in [6.07, 6.45) is 3.44. The Morgan fingerprint density at radius 1 is 1.53 bits per heavy atom. The van der Waals surface area contributed by atoms with E-state index >= 15 is 0 Å².